The predicted octanol–water partition coefficient (Wildman–Crippen LogP) is 11.3. The molecule has 43 heavy (non-hydrogen) atoms. The predicted molar refractivity (Wildman–Crippen MR) is 187 cm³/mol. The largest absolute Gasteiger partial charge is 0.309 e. The highest BCUT2D eigenvalue weighted by Gasteiger charge is 2.12. The summed E-state index contributed by atoms with van der Waals surface area (Å²) in [5, 5.41) is 9.41. The number of hydrogen-bond donors (Lipinski definition) is 0. The van der Waals surface area contributed by atoms with Crippen LogP contribution < -0.4 is 0 Å². The maximum absolute atomic E-state index is 2.35. The standard InChI is InChI=1S/C40H28N2S/c1-5-13-37-33(9-1)34-10-2-6-14-38(34)41(37)31-21-17-29(18-22-31)25-27-43-28-26-30-19-23-32(24-20-30)42-39-15-7-3-11-35(39)36-12-4-8-16-40(36)42/h1-28H/b27-25+,28-26+. The third kappa shape index (κ3) is 4.55. The van der Waals surface area contributed by atoms with E-state index < -0.39 is 0 Å². The third-order valence-electron chi connectivity index (χ3n) is 8.14. The van der Waals surface area contributed by atoms with Gasteiger partial charge in [-0.3, -0.25) is 0 Å². The molecule has 2 nitrogen and oxygen atoms in total. The zero-order valence-corrected chi connectivity index (χ0v) is 24.3. The van der Waals surface area contributed by atoms with Crippen molar-refractivity contribution in [3.8, 4) is 11.4 Å². The van der Waals surface area contributed by atoms with Gasteiger partial charge < -0.3 is 9.13 Å². The van der Waals surface area contributed by atoms with Crippen molar-refractivity contribution < 1.29 is 0 Å². The maximum Gasteiger partial charge on any atom is 0.0541 e. The van der Waals surface area contributed by atoms with Crippen molar-refractivity contribution in [2.24, 2.45) is 0 Å². The van der Waals surface area contributed by atoms with Crippen LogP contribution in [0.15, 0.2) is 156 Å². The van der Waals surface area contributed by atoms with Gasteiger partial charge in [-0.2, -0.15) is 0 Å². The molecule has 0 aliphatic carbocycles. The lowest BCUT2D eigenvalue weighted by Crippen LogP contribution is -1.93. The van der Waals surface area contributed by atoms with E-state index in [2.05, 4.69) is 178 Å². The Hall–Kier alpha value is -5.25. The zero-order valence-electron chi connectivity index (χ0n) is 23.5. The van der Waals surface area contributed by atoms with Gasteiger partial charge >= 0.3 is 0 Å². The Morgan fingerprint density at radius 3 is 0.977 bits per heavy atom. The topological polar surface area (TPSA) is 9.86 Å². The van der Waals surface area contributed by atoms with Gasteiger partial charge in [0.05, 0.1) is 22.1 Å². The molecule has 2 aromatic heterocycles. The lowest BCUT2D eigenvalue weighted by atomic mass is 10.2. The van der Waals surface area contributed by atoms with Crippen LogP contribution in [-0.2, 0) is 0 Å². The molecule has 0 N–H and O–H groups in total. The molecule has 0 amide bonds. The third-order valence-corrected chi connectivity index (χ3v) is 8.73. The van der Waals surface area contributed by atoms with Gasteiger partial charge in [0, 0.05) is 32.9 Å². The van der Waals surface area contributed by atoms with E-state index in [0.717, 1.165) is 0 Å². The monoisotopic (exact) mass is 568 g/mol. The molecule has 0 saturated carbocycles. The molecule has 3 heteroatoms. The molecule has 0 radical (unpaired) electrons. The first-order chi connectivity index (χ1) is 21.3. The molecular formula is C40H28N2S. The number of hydrogen-bond acceptors (Lipinski definition) is 1. The van der Waals surface area contributed by atoms with Gasteiger partial charge in [-0.15, -0.1) is 11.8 Å². The minimum atomic E-state index is 1.17. The van der Waals surface area contributed by atoms with Gasteiger partial charge in [0.15, 0.2) is 0 Å². The number of nitrogens with zero attached hydrogens (tertiary/aromatic N) is 2. The molecule has 0 aliphatic heterocycles. The van der Waals surface area contributed by atoms with Crippen molar-refractivity contribution in [2.75, 3.05) is 0 Å². The number of para-hydroxylation sites is 4. The fourth-order valence-corrected chi connectivity index (χ4v) is 6.71. The van der Waals surface area contributed by atoms with Crippen LogP contribution in [0.2, 0.25) is 0 Å². The Bertz CT molecular complexity index is 2030. The van der Waals surface area contributed by atoms with Gasteiger partial charge in [-0.05, 0) is 82.6 Å². The Kier molecular flexibility index (Phi) is 6.43. The van der Waals surface area contributed by atoms with Gasteiger partial charge in [0.2, 0.25) is 0 Å². The molecule has 0 bridgehead atoms. The van der Waals surface area contributed by atoms with Crippen LogP contribution in [0.4, 0.5) is 0 Å². The second kappa shape index (κ2) is 10.9. The van der Waals surface area contributed by atoms with Crippen LogP contribution in [0.3, 0.4) is 0 Å². The highest BCUT2D eigenvalue weighted by atomic mass is 32.2. The van der Waals surface area contributed by atoms with E-state index in [1.807, 2.05) is 0 Å². The maximum atomic E-state index is 2.35. The van der Waals surface area contributed by atoms with Crippen LogP contribution in [0.25, 0.3) is 67.1 Å². The first kappa shape index (κ1) is 25.5. The summed E-state index contributed by atoms with van der Waals surface area (Å²) in [4.78, 5) is 0. The lowest BCUT2D eigenvalue weighted by Gasteiger charge is -2.08. The smallest absolute Gasteiger partial charge is 0.0541 e. The van der Waals surface area contributed by atoms with Crippen molar-refractivity contribution in [1.29, 1.82) is 0 Å². The van der Waals surface area contributed by atoms with Gasteiger partial charge in [-0.25, -0.2) is 0 Å². The molecule has 0 spiro atoms. The van der Waals surface area contributed by atoms with Crippen molar-refractivity contribution in [1.82, 2.24) is 9.13 Å². The fraction of sp³-hybridized carbons (Fsp3) is 0. The molecule has 8 rings (SSSR count). The molecule has 0 unspecified atom stereocenters. The van der Waals surface area contributed by atoms with Crippen LogP contribution in [0.5, 0.6) is 0 Å². The van der Waals surface area contributed by atoms with E-state index in [9.17, 15) is 0 Å². The van der Waals surface area contributed by atoms with E-state index in [-0.39, 0.29) is 0 Å². The highest BCUT2D eigenvalue weighted by Crippen LogP contribution is 2.33. The molecule has 8 aromatic rings. The number of rotatable bonds is 6. The molecule has 0 aliphatic rings. The Morgan fingerprint density at radius 2 is 0.651 bits per heavy atom. The van der Waals surface area contributed by atoms with E-state index >= 15 is 0 Å². The minimum Gasteiger partial charge on any atom is -0.309 e. The Balaban J connectivity index is 0.973. The van der Waals surface area contributed by atoms with Gasteiger partial charge in [-0.1, -0.05) is 97.1 Å². The number of thioether (sulfide) groups is 1. The summed E-state index contributed by atoms with van der Waals surface area (Å²) in [6.45, 7) is 0. The normalized spacial score (nSPS) is 12.1. The molecule has 0 saturated heterocycles. The first-order valence-corrected chi connectivity index (χ1v) is 15.5. The van der Waals surface area contributed by atoms with Gasteiger partial charge in [0.25, 0.3) is 0 Å². The summed E-state index contributed by atoms with van der Waals surface area (Å²) >= 11 is 1.68. The quantitative estimate of drug-likeness (QED) is 0.194. The SMILES string of the molecule is C(=C\c1ccc(-n2c3ccccc3c3ccccc32)cc1)/S/C=C/c1ccc(-n2c3ccccc3c3ccccc32)cc1. The molecule has 2 heterocycles. The second-order valence-corrected chi connectivity index (χ2v) is 11.5. The molecule has 0 fully saturated rings. The summed E-state index contributed by atoms with van der Waals surface area (Å²) in [7, 11) is 0. The second-order valence-electron chi connectivity index (χ2n) is 10.7. The Morgan fingerprint density at radius 1 is 0.349 bits per heavy atom. The summed E-state index contributed by atoms with van der Waals surface area (Å²) < 4.78 is 4.70. The molecular weight excluding hydrogens is 541 g/mol. The summed E-state index contributed by atoms with van der Waals surface area (Å²) in [5.41, 5.74) is 9.64. The van der Waals surface area contributed by atoms with Crippen molar-refractivity contribution in [3.63, 3.8) is 0 Å². The summed E-state index contributed by atoms with van der Waals surface area (Å²) in [6, 6.07) is 52.1. The van der Waals surface area contributed by atoms with Gasteiger partial charge in [0.1, 0.15) is 0 Å². The molecule has 0 atom stereocenters. The summed E-state index contributed by atoms with van der Waals surface area (Å²) in [5.74, 6) is 0. The number of benzene rings is 6. The van der Waals surface area contributed by atoms with E-state index in [1.54, 1.807) is 11.8 Å². The van der Waals surface area contributed by atoms with Crippen LogP contribution >= 0.6 is 11.8 Å². The van der Waals surface area contributed by atoms with E-state index in [1.165, 1.54) is 66.1 Å². The highest BCUT2D eigenvalue weighted by molar-refractivity contribution is 8.05. The fourth-order valence-electron chi connectivity index (χ4n) is 6.15. The summed E-state index contributed by atoms with van der Waals surface area (Å²) in [6.07, 6.45) is 4.33. The zero-order chi connectivity index (χ0) is 28.6. The molecule has 6 aromatic carbocycles. The average Bonchev–Trinajstić information content (AvgIpc) is 3.59. The van der Waals surface area contributed by atoms with Crippen LogP contribution in [0.1, 0.15) is 11.1 Å². The van der Waals surface area contributed by atoms with Crippen LogP contribution in [0, 0.1) is 0 Å². The lowest BCUT2D eigenvalue weighted by molar-refractivity contribution is 1.18. The minimum absolute atomic E-state index is 1.17. The van der Waals surface area contributed by atoms with E-state index in [0.29, 0.717) is 0 Å². The Labute approximate surface area is 254 Å². The van der Waals surface area contributed by atoms with Crippen molar-refractivity contribution >= 4 is 67.5 Å². The van der Waals surface area contributed by atoms with E-state index in [4.69, 9.17) is 0 Å². The van der Waals surface area contributed by atoms with Crippen LogP contribution in [-0.4, -0.2) is 9.13 Å². The first-order valence-electron chi connectivity index (χ1n) is 14.5. The number of fused-ring (bicyclic) bond motifs is 6. The molecule has 204 valence electrons. The van der Waals surface area contributed by atoms with Crippen molar-refractivity contribution in [3.05, 3.63) is 168 Å². The van der Waals surface area contributed by atoms with Crippen molar-refractivity contribution in [2.45, 2.75) is 0 Å². The average molecular weight is 569 g/mol. The number of aromatic nitrogens is 2.